The maximum absolute atomic E-state index is 12.9. The molecular formula is C73H116O6. The highest BCUT2D eigenvalue weighted by molar-refractivity contribution is 5.71. The van der Waals surface area contributed by atoms with Crippen LogP contribution in [0.1, 0.15) is 265 Å². The molecule has 0 aromatic rings. The molecule has 0 rings (SSSR count). The number of esters is 3. The van der Waals surface area contributed by atoms with Crippen molar-refractivity contribution in [2.45, 2.75) is 271 Å². The predicted octanol–water partition coefficient (Wildman–Crippen LogP) is 22.1. The van der Waals surface area contributed by atoms with Gasteiger partial charge in [0.25, 0.3) is 0 Å². The molecule has 0 heterocycles. The highest BCUT2D eigenvalue weighted by Crippen LogP contribution is 2.14. The Morgan fingerprint density at radius 3 is 0.797 bits per heavy atom. The SMILES string of the molecule is CC/C=C\C/C=C\C/C=C\C/C=C\C/C=C\C/C=C\CCCCCCCCCCC(=O)OCC(COC(=O)CCCC/C=C\C/C=C\C/C=C\C/C=C\CC)OC(=O)CCCCCCCC/C=C\C/C=C\C/C=C\CCCCC. The van der Waals surface area contributed by atoms with E-state index in [-0.39, 0.29) is 31.1 Å². The van der Waals surface area contributed by atoms with Crippen LogP contribution in [0.4, 0.5) is 0 Å². The van der Waals surface area contributed by atoms with Gasteiger partial charge in [0.05, 0.1) is 0 Å². The normalized spacial score (nSPS) is 13.2. The van der Waals surface area contributed by atoms with Crippen LogP contribution in [0.5, 0.6) is 0 Å². The minimum atomic E-state index is -0.815. The van der Waals surface area contributed by atoms with E-state index in [0.717, 1.165) is 148 Å². The van der Waals surface area contributed by atoms with Crippen molar-refractivity contribution in [3.63, 3.8) is 0 Å². The van der Waals surface area contributed by atoms with Gasteiger partial charge in [-0.3, -0.25) is 14.4 Å². The molecule has 0 saturated carbocycles. The number of allylic oxidation sites excluding steroid dienone is 26. The zero-order chi connectivity index (χ0) is 57.1. The van der Waals surface area contributed by atoms with E-state index in [1.807, 2.05) is 0 Å². The van der Waals surface area contributed by atoms with Crippen LogP contribution in [0, 0.1) is 0 Å². The Morgan fingerprint density at radius 2 is 0.494 bits per heavy atom. The molecule has 0 aliphatic heterocycles. The number of carbonyl (C=O) groups excluding carboxylic acids is 3. The minimum absolute atomic E-state index is 0.108. The molecule has 0 aliphatic rings. The molecule has 0 aromatic carbocycles. The average molecular weight is 1090 g/mol. The number of ether oxygens (including phenoxy) is 3. The molecule has 1 unspecified atom stereocenters. The molecule has 0 bridgehead atoms. The van der Waals surface area contributed by atoms with E-state index in [4.69, 9.17) is 14.2 Å². The quantitative estimate of drug-likeness (QED) is 0.0261. The van der Waals surface area contributed by atoms with Crippen molar-refractivity contribution in [2.24, 2.45) is 0 Å². The summed E-state index contributed by atoms with van der Waals surface area (Å²) in [5.41, 5.74) is 0. The van der Waals surface area contributed by atoms with Gasteiger partial charge in [0.2, 0.25) is 0 Å². The number of rotatable bonds is 56. The Morgan fingerprint density at radius 1 is 0.266 bits per heavy atom. The van der Waals surface area contributed by atoms with Gasteiger partial charge in [-0.25, -0.2) is 0 Å². The Balaban J connectivity index is 4.45. The Labute approximate surface area is 486 Å². The maximum Gasteiger partial charge on any atom is 0.306 e. The summed E-state index contributed by atoms with van der Waals surface area (Å²) >= 11 is 0. The summed E-state index contributed by atoms with van der Waals surface area (Å²) < 4.78 is 16.9. The van der Waals surface area contributed by atoms with Crippen molar-refractivity contribution in [2.75, 3.05) is 13.2 Å². The standard InChI is InChI=1S/C73H116O6/c1-4-7-10-13-16-19-22-25-28-30-32-33-34-35-36-37-38-39-41-42-45-48-51-54-57-60-63-66-72(75)78-69-70(68-77-71(74)65-62-59-56-53-50-47-44-27-24-21-18-15-12-9-6-3)79-73(76)67-64-61-58-55-52-49-46-43-40-31-29-26-23-20-17-14-11-8-5-2/h7,9-10,12,16-21,25-29,32-33,35-36,38-40,43-44,50,53,70H,4-6,8,11,13-15,22-24,30-31,34,37,41-42,45-49,51-52,54-69H2,1-3H3/b10-7-,12-9-,19-16-,20-17-,21-18-,28-25-,29-26-,33-32-,36-35-,39-38-,43-40-,44-27-,53-50-. The summed E-state index contributed by atoms with van der Waals surface area (Å²) in [7, 11) is 0. The van der Waals surface area contributed by atoms with Crippen LogP contribution in [-0.2, 0) is 28.6 Å². The van der Waals surface area contributed by atoms with Crippen LogP contribution in [0.3, 0.4) is 0 Å². The Bertz CT molecular complexity index is 1780. The van der Waals surface area contributed by atoms with E-state index in [1.165, 1.54) is 70.6 Å². The van der Waals surface area contributed by atoms with Crippen LogP contribution < -0.4 is 0 Å². The molecule has 0 N–H and O–H groups in total. The number of hydrogen-bond donors (Lipinski definition) is 0. The first-order valence-electron chi connectivity index (χ1n) is 32.0. The van der Waals surface area contributed by atoms with E-state index in [2.05, 4.69) is 179 Å². The van der Waals surface area contributed by atoms with Gasteiger partial charge in [0.1, 0.15) is 13.2 Å². The van der Waals surface area contributed by atoms with Crippen LogP contribution in [-0.4, -0.2) is 37.2 Å². The summed E-state index contributed by atoms with van der Waals surface area (Å²) in [6.45, 7) is 6.33. The zero-order valence-corrected chi connectivity index (χ0v) is 50.8. The third kappa shape index (κ3) is 63.7. The smallest absolute Gasteiger partial charge is 0.306 e. The van der Waals surface area contributed by atoms with E-state index in [1.54, 1.807) is 0 Å². The first-order chi connectivity index (χ1) is 39.0. The third-order valence-corrected chi connectivity index (χ3v) is 13.0. The topological polar surface area (TPSA) is 78.9 Å². The van der Waals surface area contributed by atoms with Crippen LogP contribution >= 0.6 is 0 Å². The van der Waals surface area contributed by atoms with Crippen LogP contribution in [0.2, 0.25) is 0 Å². The molecule has 1 atom stereocenters. The lowest BCUT2D eigenvalue weighted by Gasteiger charge is -2.18. The lowest BCUT2D eigenvalue weighted by atomic mass is 10.1. The third-order valence-electron chi connectivity index (χ3n) is 13.0. The van der Waals surface area contributed by atoms with E-state index in [0.29, 0.717) is 25.7 Å². The molecule has 0 amide bonds. The second-order valence-corrected chi connectivity index (χ2v) is 20.5. The summed E-state index contributed by atoms with van der Waals surface area (Å²) in [6, 6.07) is 0. The first-order valence-corrected chi connectivity index (χ1v) is 32.0. The van der Waals surface area contributed by atoms with Crippen molar-refractivity contribution in [3.8, 4) is 0 Å². The number of carbonyl (C=O) groups is 3. The van der Waals surface area contributed by atoms with E-state index >= 15 is 0 Å². The number of unbranched alkanes of at least 4 members (excludes halogenated alkanes) is 19. The summed E-state index contributed by atoms with van der Waals surface area (Å²) in [5, 5.41) is 0. The summed E-state index contributed by atoms with van der Waals surface area (Å²) in [4.78, 5) is 38.3. The van der Waals surface area contributed by atoms with Crippen LogP contribution in [0.15, 0.2) is 158 Å². The Hall–Kier alpha value is -4.97. The molecule has 444 valence electrons. The molecule has 6 nitrogen and oxygen atoms in total. The van der Waals surface area contributed by atoms with Gasteiger partial charge in [-0.05, 0) is 148 Å². The first kappa shape index (κ1) is 74.0. The van der Waals surface area contributed by atoms with Gasteiger partial charge in [0.15, 0.2) is 6.10 Å². The van der Waals surface area contributed by atoms with Crippen molar-refractivity contribution < 1.29 is 28.6 Å². The molecule has 0 fully saturated rings. The molecular weight excluding hydrogens is 973 g/mol. The molecule has 0 spiro atoms. The van der Waals surface area contributed by atoms with Crippen molar-refractivity contribution in [3.05, 3.63) is 158 Å². The second kappa shape index (κ2) is 65.5. The molecule has 0 aromatic heterocycles. The maximum atomic E-state index is 12.9. The van der Waals surface area contributed by atoms with Gasteiger partial charge in [-0.1, -0.05) is 256 Å². The fourth-order valence-electron chi connectivity index (χ4n) is 8.27. The minimum Gasteiger partial charge on any atom is -0.462 e. The largest absolute Gasteiger partial charge is 0.462 e. The molecule has 0 saturated heterocycles. The van der Waals surface area contributed by atoms with Crippen molar-refractivity contribution in [1.82, 2.24) is 0 Å². The lowest BCUT2D eigenvalue weighted by Crippen LogP contribution is -2.30. The highest BCUT2D eigenvalue weighted by atomic mass is 16.6. The summed E-state index contributed by atoms with van der Waals surface area (Å²) in [5.74, 6) is -0.974. The molecule has 79 heavy (non-hydrogen) atoms. The molecule has 0 radical (unpaired) electrons. The number of hydrogen-bond acceptors (Lipinski definition) is 6. The average Bonchev–Trinajstić information content (AvgIpc) is 3.45. The van der Waals surface area contributed by atoms with Crippen LogP contribution in [0.25, 0.3) is 0 Å². The van der Waals surface area contributed by atoms with Gasteiger partial charge in [0, 0.05) is 19.3 Å². The van der Waals surface area contributed by atoms with Gasteiger partial charge >= 0.3 is 17.9 Å². The Kier molecular flexibility index (Phi) is 61.4. The summed E-state index contributed by atoms with van der Waals surface area (Å²) in [6.07, 6.45) is 95.3. The van der Waals surface area contributed by atoms with Gasteiger partial charge in [-0.2, -0.15) is 0 Å². The van der Waals surface area contributed by atoms with Crippen molar-refractivity contribution in [1.29, 1.82) is 0 Å². The molecule has 6 heteroatoms. The monoisotopic (exact) mass is 1090 g/mol. The predicted molar refractivity (Wildman–Crippen MR) is 343 cm³/mol. The van der Waals surface area contributed by atoms with Crippen molar-refractivity contribution >= 4 is 17.9 Å². The highest BCUT2D eigenvalue weighted by Gasteiger charge is 2.19. The van der Waals surface area contributed by atoms with E-state index in [9.17, 15) is 14.4 Å². The van der Waals surface area contributed by atoms with Gasteiger partial charge in [-0.15, -0.1) is 0 Å². The zero-order valence-electron chi connectivity index (χ0n) is 50.8. The second-order valence-electron chi connectivity index (χ2n) is 20.5. The fraction of sp³-hybridized carbons (Fsp3) is 0.603. The van der Waals surface area contributed by atoms with Gasteiger partial charge < -0.3 is 14.2 Å². The molecule has 0 aliphatic carbocycles. The van der Waals surface area contributed by atoms with E-state index < -0.39 is 6.10 Å². The lowest BCUT2D eigenvalue weighted by molar-refractivity contribution is -0.167. The fourth-order valence-corrected chi connectivity index (χ4v) is 8.27.